The number of unbranched alkanes of at least 4 members (excludes halogenated alkanes) is 3. The molecule has 1 atom stereocenters. The SMILES string of the molecule is Cl[C@@H](CCCCCCOc1ccccc1)[S+](Cl)Cl. The average Bonchev–Trinajstić information content (AvgIpc) is 2.38. The number of rotatable bonds is 9. The van der Waals surface area contributed by atoms with Gasteiger partial charge in [0.2, 0.25) is 35.4 Å². The topological polar surface area (TPSA) is 9.23 Å². The Kier molecular flexibility index (Phi) is 9.12. The van der Waals surface area contributed by atoms with Crippen molar-refractivity contribution < 1.29 is 4.74 Å². The van der Waals surface area contributed by atoms with Crippen molar-refractivity contribution in [3.05, 3.63) is 30.3 Å². The lowest BCUT2D eigenvalue weighted by Crippen LogP contribution is -2.03. The van der Waals surface area contributed by atoms with E-state index in [-0.39, 0.29) is 4.71 Å². The smallest absolute Gasteiger partial charge is 0.234 e. The van der Waals surface area contributed by atoms with Gasteiger partial charge in [0.05, 0.1) is 6.61 Å². The molecule has 0 heterocycles. The van der Waals surface area contributed by atoms with Crippen molar-refractivity contribution in [3.8, 4) is 5.75 Å². The van der Waals surface area contributed by atoms with Gasteiger partial charge in [0.25, 0.3) is 0 Å². The Bertz CT molecular complexity index is 308. The zero-order valence-electron chi connectivity index (χ0n) is 10.2. The molecule has 1 nitrogen and oxygen atoms in total. The Morgan fingerprint density at radius 1 is 1.00 bits per heavy atom. The number of benzene rings is 1. The van der Waals surface area contributed by atoms with Crippen LogP contribution in [0.25, 0.3) is 0 Å². The van der Waals surface area contributed by atoms with Crippen LogP contribution in [0, 0.1) is 0 Å². The fraction of sp³-hybridized carbons (Fsp3) is 0.538. The number of halogens is 3. The van der Waals surface area contributed by atoms with Gasteiger partial charge in [-0.15, -0.1) is 0 Å². The molecule has 0 bridgehead atoms. The maximum atomic E-state index is 5.96. The summed E-state index contributed by atoms with van der Waals surface area (Å²) in [4.78, 5) is 0. The number of hydrogen-bond acceptors (Lipinski definition) is 1. The quantitative estimate of drug-likeness (QED) is 0.330. The first-order valence-corrected chi connectivity index (χ1v) is 9.45. The molecule has 1 aromatic carbocycles. The number of hydrogen-bond donors (Lipinski definition) is 0. The van der Waals surface area contributed by atoms with Crippen molar-refractivity contribution in [2.24, 2.45) is 0 Å². The van der Waals surface area contributed by atoms with Crippen LogP contribution in [0.5, 0.6) is 5.75 Å². The highest BCUT2D eigenvalue weighted by Crippen LogP contribution is 2.24. The molecule has 0 radical (unpaired) electrons. The van der Waals surface area contributed by atoms with Crippen molar-refractivity contribution in [2.45, 2.75) is 36.8 Å². The molecule has 5 heteroatoms. The first-order chi connectivity index (χ1) is 8.70. The van der Waals surface area contributed by atoms with Crippen LogP contribution in [-0.4, -0.2) is 11.3 Å². The van der Waals surface area contributed by atoms with Gasteiger partial charge in [-0.25, -0.2) is 0 Å². The summed E-state index contributed by atoms with van der Waals surface area (Å²) in [5, 5.41) is 0. The molecule has 0 aliphatic heterocycles. The molecule has 18 heavy (non-hydrogen) atoms. The van der Waals surface area contributed by atoms with E-state index < -0.39 is 9.32 Å². The molecule has 0 saturated heterocycles. The predicted molar refractivity (Wildman–Crippen MR) is 83.7 cm³/mol. The van der Waals surface area contributed by atoms with Gasteiger partial charge in [-0.2, -0.15) is 0 Å². The second kappa shape index (κ2) is 10.1. The molecule has 0 N–H and O–H groups in total. The number of ether oxygens (including phenoxy) is 1. The van der Waals surface area contributed by atoms with Gasteiger partial charge in [-0.3, -0.25) is 0 Å². The van der Waals surface area contributed by atoms with E-state index in [1.54, 1.807) is 0 Å². The lowest BCUT2D eigenvalue weighted by molar-refractivity contribution is 0.304. The Hall–Kier alpha value is 0.240. The van der Waals surface area contributed by atoms with E-state index in [0.717, 1.165) is 44.5 Å². The standard InChI is InChI=1S/C13H18Cl3OS/c14-13(18(15)16)10-6-1-2-7-11-17-12-8-4-3-5-9-12/h3-5,8-9,13H,1-2,6-7,10-11H2/q+1/t13-/m1/s1. The lowest BCUT2D eigenvalue weighted by atomic mass is 10.2. The highest BCUT2D eigenvalue weighted by atomic mass is 36.0. The summed E-state index contributed by atoms with van der Waals surface area (Å²) < 4.78 is 5.50. The Balaban J connectivity index is 1.93. The van der Waals surface area contributed by atoms with Crippen LogP contribution in [0.2, 0.25) is 0 Å². The van der Waals surface area contributed by atoms with Crippen LogP contribution in [0.3, 0.4) is 0 Å². The molecular formula is C13H18Cl3OS+. The van der Waals surface area contributed by atoms with E-state index in [0.29, 0.717) is 0 Å². The third kappa shape index (κ3) is 7.63. The third-order valence-corrected chi connectivity index (χ3v) is 5.74. The normalized spacial score (nSPS) is 12.7. The highest BCUT2D eigenvalue weighted by molar-refractivity contribution is 8.36. The summed E-state index contributed by atoms with van der Waals surface area (Å²) in [7, 11) is 10.7. The van der Waals surface area contributed by atoms with Crippen LogP contribution in [0.4, 0.5) is 0 Å². The lowest BCUT2D eigenvalue weighted by Gasteiger charge is -2.05. The van der Waals surface area contributed by atoms with E-state index in [1.165, 1.54) is 0 Å². The van der Waals surface area contributed by atoms with Gasteiger partial charge in [-0.1, -0.05) is 42.6 Å². The average molecular weight is 329 g/mol. The predicted octanol–water partition coefficient (Wildman–Crippen LogP) is 5.51. The summed E-state index contributed by atoms with van der Waals surface area (Å²) in [5.74, 6) is 0.937. The zero-order chi connectivity index (χ0) is 13.2. The van der Waals surface area contributed by atoms with Crippen LogP contribution >= 0.6 is 33.0 Å². The monoisotopic (exact) mass is 327 g/mol. The van der Waals surface area contributed by atoms with E-state index >= 15 is 0 Å². The summed E-state index contributed by atoms with van der Waals surface area (Å²) in [6, 6.07) is 9.88. The van der Waals surface area contributed by atoms with E-state index in [9.17, 15) is 0 Å². The molecule has 102 valence electrons. The van der Waals surface area contributed by atoms with E-state index in [1.807, 2.05) is 30.3 Å². The highest BCUT2D eigenvalue weighted by Gasteiger charge is 2.25. The van der Waals surface area contributed by atoms with Gasteiger partial charge in [0, 0.05) is 6.42 Å². The largest absolute Gasteiger partial charge is 0.494 e. The summed E-state index contributed by atoms with van der Waals surface area (Å²) in [6.07, 6.45) is 5.32. The summed E-state index contributed by atoms with van der Waals surface area (Å²) >= 11 is 5.96. The molecule has 0 aliphatic carbocycles. The van der Waals surface area contributed by atoms with Gasteiger partial charge in [-0.05, 0) is 25.0 Å². The van der Waals surface area contributed by atoms with Gasteiger partial charge >= 0.3 is 0 Å². The van der Waals surface area contributed by atoms with E-state index in [2.05, 4.69) is 0 Å². The fourth-order valence-corrected chi connectivity index (χ4v) is 2.59. The van der Waals surface area contributed by atoms with Crippen molar-refractivity contribution in [3.63, 3.8) is 0 Å². The molecule has 0 aromatic heterocycles. The van der Waals surface area contributed by atoms with Crippen molar-refractivity contribution in [1.29, 1.82) is 0 Å². The molecular weight excluding hydrogens is 311 g/mol. The molecule has 1 rings (SSSR count). The molecule has 0 aliphatic rings. The zero-order valence-corrected chi connectivity index (χ0v) is 13.2. The molecule has 0 amide bonds. The van der Waals surface area contributed by atoms with Crippen LogP contribution in [0.15, 0.2) is 30.3 Å². The van der Waals surface area contributed by atoms with Crippen LogP contribution < -0.4 is 4.74 Å². The van der Waals surface area contributed by atoms with Crippen LogP contribution in [-0.2, 0) is 9.32 Å². The maximum Gasteiger partial charge on any atom is 0.234 e. The Morgan fingerprint density at radius 2 is 1.67 bits per heavy atom. The first-order valence-electron chi connectivity index (χ1n) is 6.07. The van der Waals surface area contributed by atoms with Crippen molar-refractivity contribution in [2.75, 3.05) is 6.61 Å². The summed E-state index contributed by atoms with van der Waals surface area (Å²) in [6.45, 7) is 0.768. The molecule has 0 unspecified atom stereocenters. The first kappa shape index (κ1) is 16.3. The summed E-state index contributed by atoms with van der Waals surface area (Å²) in [5.41, 5.74) is 0. The molecule has 0 saturated carbocycles. The number of alkyl halides is 1. The van der Waals surface area contributed by atoms with Gasteiger partial charge in [0.15, 0.2) is 0 Å². The van der Waals surface area contributed by atoms with Crippen LogP contribution in [0.1, 0.15) is 32.1 Å². The van der Waals surface area contributed by atoms with Crippen molar-refractivity contribution >= 4 is 42.3 Å². The maximum absolute atomic E-state index is 5.96. The third-order valence-electron chi connectivity index (χ3n) is 2.53. The van der Waals surface area contributed by atoms with Gasteiger partial charge < -0.3 is 4.74 Å². The molecule has 0 spiro atoms. The molecule has 1 aromatic rings. The minimum Gasteiger partial charge on any atom is -0.494 e. The Labute approximate surface area is 126 Å². The second-order valence-electron chi connectivity index (χ2n) is 4.01. The Morgan fingerprint density at radius 3 is 2.33 bits per heavy atom. The van der Waals surface area contributed by atoms with Gasteiger partial charge in [0.1, 0.15) is 5.75 Å². The number of para-hydroxylation sites is 1. The van der Waals surface area contributed by atoms with Crippen molar-refractivity contribution in [1.82, 2.24) is 0 Å². The minimum absolute atomic E-state index is 0.103. The minimum atomic E-state index is -0.709. The fourth-order valence-electron chi connectivity index (χ4n) is 1.56. The second-order valence-corrected chi connectivity index (χ2v) is 8.31. The van der Waals surface area contributed by atoms with E-state index in [4.69, 9.17) is 37.7 Å². The molecule has 0 fully saturated rings.